The van der Waals surface area contributed by atoms with Crippen molar-refractivity contribution in [2.45, 2.75) is 6.61 Å². The van der Waals surface area contributed by atoms with Crippen molar-refractivity contribution in [1.82, 2.24) is 0 Å². The molecule has 0 unspecified atom stereocenters. The molecule has 2 rings (SSSR count). The fourth-order valence-electron chi connectivity index (χ4n) is 1.67. The summed E-state index contributed by atoms with van der Waals surface area (Å²) in [5, 5.41) is 2.31. The molecule has 0 saturated carbocycles. The highest BCUT2D eigenvalue weighted by molar-refractivity contribution is 6.05. The van der Waals surface area contributed by atoms with Gasteiger partial charge in [-0.15, -0.1) is 0 Å². The van der Waals surface area contributed by atoms with E-state index in [4.69, 9.17) is 5.73 Å². The van der Waals surface area contributed by atoms with Crippen molar-refractivity contribution in [2.24, 2.45) is 0 Å². The zero-order valence-electron chi connectivity index (χ0n) is 10.6. The van der Waals surface area contributed by atoms with Gasteiger partial charge < -0.3 is 15.8 Å². The van der Waals surface area contributed by atoms with Crippen molar-refractivity contribution in [2.75, 3.05) is 11.1 Å². The molecular formula is C14H11F3N2O2. The Morgan fingerprint density at radius 3 is 2.57 bits per heavy atom. The van der Waals surface area contributed by atoms with E-state index in [0.717, 1.165) is 6.07 Å². The molecule has 0 heterocycles. The second-order valence-corrected chi connectivity index (χ2v) is 4.07. The van der Waals surface area contributed by atoms with Gasteiger partial charge in [-0.2, -0.15) is 8.78 Å². The number of hydrogen-bond acceptors (Lipinski definition) is 3. The van der Waals surface area contributed by atoms with Crippen LogP contribution in [0.3, 0.4) is 0 Å². The van der Waals surface area contributed by atoms with Gasteiger partial charge in [0.25, 0.3) is 5.91 Å². The molecule has 0 fully saturated rings. The number of para-hydroxylation sites is 2. The van der Waals surface area contributed by atoms with Crippen LogP contribution in [0, 0.1) is 5.82 Å². The number of nitrogens with one attached hydrogen (secondary N) is 1. The zero-order chi connectivity index (χ0) is 15.4. The maximum Gasteiger partial charge on any atom is 0.387 e. The van der Waals surface area contributed by atoms with Crippen LogP contribution < -0.4 is 15.8 Å². The van der Waals surface area contributed by atoms with Gasteiger partial charge in [0.15, 0.2) is 0 Å². The zero-order valence-corrected chi connectivity index (χ0v) is 10.6. The molecule has 110 valence electrons. The van der Waals surface area contributed by atoms with Gasteiger partial charge in [-0.3, -0.25) is 4.79 Å². The summed E-state index contributed by atoms with van der Waals surface area (Å²) in [5.74, 6) is -1.81. The molecule has 0 atom stereocenters. The summed E-state index contributed by atoms with van der Waals surface area (Å²) in [4.78, 5) is 11.9. The Labute approximate surface area is 118 Å². The van der Waals surface area contributed by atoms with E-state index in [1.807, 2.05) is 0 Å². The predicted molar refractivity (Wildman–Crippen MR) is 71.8 cm³/mol. The van der Waals surface area contributed by atoms with Crippen molar-refractivity contribution in [3.05, 3.63) is 53.8 Å². The average molecular weight is 296 g/mol. The summed E-state index contributed by atoms with van der Waals surface area (Å²) >= 11 is 0. The highest BCUT2D eigenvalue weighted by atomic mass is 19.3. The number of halogens is 3. The third-order valence-corrected chi connectivity index (χ3v) is 2.59. The van der Waals surface area contributed by atoms with Gasteiger partial charge in [-0.25, -0.2) is 4.39 Å². The number of alkyl halides is 2. The molecule has 21 heavy (non-hydrogen) atoms. The van der Waals surface area contributed by atoms with Crippen molar-refractivity contribution in [3.8, 4) is 5.75 Å². The number of benzene rings is 2. The molecule has 0 radical (unpaired) electrons. The number of hydrogen-bond donors (Lipinski definition) is 2. The van der Waals surface area contributed by atoms with Gasteiger partial charge in [0.1, 0.15) is 11.6 Å². The summed E-state index contributed by atoms with van der Waals surface area (Å²) in [6.07, 6.45) is 0. The van der Waals surface area contributed by atoms with Crippen LogP contribution in [0.5, 0.6) is 5.75 Å². The van der Waals surface area contributed by atoms with Crippen LogP contribution in [0.15, 0.2) is 42.5 Å². The number of nitrogen functional groups attached to an aromatic ring is 1. The van der Waals surface area contributed by atoms with Gasteiger partial charge in [0.05, 0.1) is 11.3 Å². The quantitative estimate of drug-likeness (QED) is 0.851. The van der Waals surface area contributed by atoms with E-state index in [1.54, 1.807) is 0 Å². The second kappa shape index (κ2) is 6.17. The number of carbonyl (C=O) groups is 1. The lowest BCUT2D eigenvalue weighted by atomic mass is 10.1. The predicted octanol–water partition coefficient (Wildman–Crippen LogP) is 3.26. The summed E-state index contributed by atoms with van der Waals surface area (Å²) < 4.78 is 42.4. The van der Waals surface area contributed by atoms with Crippen molar-refractivity contribution < 1.29 is 22.7 Å². The minimum Gasteiger partial charge on any atom is -0.433 e. The normalized spacial score (nSPS) is 10.5. The highest BCUT2D eigenvalue weighted by Gasteiger charge is 2.15. The van der Waals surface area contributed by atoms with Crippen molar-refractivity contribution >= 4 is 17.3 Å². The lowest BCUT2D eigenvalue weighted by molar-refractivity contribution is -0.0493. The number of rotatable bonds is 4. The lowest BCUT2D eigenvalue weighted by Gasteiger charge is -2.12. The van der Waals surface area contributed by atoms with Crippen LogP contribution in [0.2, 0.25) is 0 Å². The molecule has 2 aromatic rings. The minimum absolute atomic E-state index is 0.0130. The smallest absolute Gasteiger partial charge is 0.387 e. The fraction of sp³-hybridized carbons (Fsp3) is 0.0714. The SMILES string of the molecule is Nc1ccc(C(=O)Nc2ccccc2OC(F)F)c(F)c1. The van der Waals surface area contributed by atoms with E-state index in [2.05, 4.69) is 10.1 Å². The van der Waals surface area contributed by atoms with E-state index >= 15 is 0 Å². The average Bonchev–Trinajstić information content (AvgIpc) is 2.40. The molecular weight excluding hydrogens is 285 g/mol. The minimum atomic E-state index is -3.03. The van der Waals surface area contributed by atoms with Crippen LogP contribution in [-0.4, -0.2) is 12.5 Å². The van der Waals surface area contributed by atoms with Crippen molar-refractivity contribution in [3.63, 3.8) is 0 Å². The monoisotopic (exact) mass is 296 g/mol. The van der Waals surface area contributed by atoms with Gasteiger partial charge in [0.2, 0.25) is 0 Å². The number of ether oxygens (including phenoxy) is 1. The Morgan fingerprint density at radius 2 is 1.90 bits per heavy atom. The number of nitrogens with two attached hydrogens (primary N) is 1. The van der Waals surface area contributed by atoms with E-state index in [1.165, 1.54) is 36.4 Å². The molecule has 0 aromatic heterocycles. The molecule has 0 aliphatic heterocycles. The standard InChI is InChI=1S/C14H11F3N2O2/c15-10-7-8(18)5-6-9(10)13(20)19-11-3-1-2-4-12(11)21-14(16)17/h1-7,14H,18H2,(H,19,20). The Morgan fingerprint density at radius 1 is 1.19 bits per heavy atom. The van der Waals surface area contributed by atoms with Crippen LogP contribution in [0.4, 0.5) is 24.5 Å². The molecule has 1 amide bonds. The van der Waals surface area contributed by atoms with Crippen LogP contribution in [0.25, 0.3) is 0 Å². The van der Waals surface area contributed by atoms with Gasteiger partial charge in [0, 0.05) is 5.69 Å². The van der Waals surface area contributed by atoms with Crippen LogP contribution >= 0.6 is 0 Å². The second-order valence-electron chi connectivity index (χ2n) is 4.07. The molecule has 2 aromatic carbocycles. The summed E-state index contributed by atoms with van der Waals surface area (Å²) in [5.41, 5.74) is 5.32. The summed E-state index contributed by atoms with van der Waals surface area (Å²) in [7, 11) is 0. The maximum atomic E-state index is 13.6. The van der Waals surface area contributed by atoms with Crippen LogP contribution in [0.1, 0.15) is 10.4 Å². The largest absolute Gasteiger partial charge is 0.433 e. The van der Waals surface area contributed by atoms with E-state index in [-0.39, 0.29) is 22.7 Å². The number of amides is 1. The molecule has 4 nitrogen and oxygen atoms in total. The molecule has 0 saturated heterocycles. The molecule has 7 heteroatoms. The first-order valence-electron chi connectivity index (χ1n) is 5.87. The van der Waals surface area contributed by atoms with Crippen molar-refractivity contribution in [1.29, 1.82) is 0 Å². The third-order valence-electron chi connectivity index (χ3n) is 2.59. The first-order valence-corrected chi connectivity index (χ1v) is 5.87. The first kappa shape index (κ1) is 14.7. The molecule has 0 spiro atoms. The Hall–Kier alpha value is -2.70. The summed E-state index contributed by atoms with van der Waals surface area (Å²) in [6.45, 7) is -3.03. The highest BCUT2D eigenvalue weighted by Crippen LogP contribution is 2.26. The Kier molecular flexibility index (Phi) is 4.32. The molecule has 0 aliphatic carbocycles. The Balaban J connectivity index is 2.23. The third kappa shape index (κ3) is 3.65. The maximum absolute atomic E-state index is 13.6. The number of anilines is 2. The van der Waals surface area contributed by atoms with E-state index in [9.17, 15) is 18.0 Å². The lowest BCUT2D eigenvalue weighted by Crippen LogP contribution is -2.15. The van der Waals surface area contributed by atoms with Gasteiger partial charge >= 0.3 is 6.61 Å². The molecule has 0 bridgehead atoms. The Bertz CT molecular complexity index is 662. The first-order chi connectivity index (χ1) is 9.97. The van der Waals surface area contributed by atoms with E-state index < -0.39 is 18.3 Å². The van der Waals surface area contributed by atoms with E-state index in [0.29, 0.717) is 0 Å². The number of carbonyl (C=O) groups excluding carboxylic acids is 1. The van der Waals surface area contributed by atoms with Gasteiger partial charge in [-0.05, 0) is 30.3 Å². The molecule has 0 aliphatic rings. The summed E-state index contributed by atoms with van der Waals surface area (Å²) in [6, 6.07) is 9.18. The molecule has 3 N–H and O–H groups in total. The topological polar surface area (TPSA) is 64.4 Å². The fourth-order valence-corrected chi connectivity index (χ4v) is 1.67. The van der Waals surface area contributed by atoms with Gasteiger partial charge in [-0.1, -0.05) is 12.1 Å². The van der Waals surface area contributed by atoms with Crippen LogP contribution in [-0.2, 0) is 0 Å².